The number of para-hydroxylation sites is 2. The molecule has 0 bridgehead atoms. The zero-order valence-electron chi connectivity index (χ0n) is 15.5. The number of rotatable bonds is 4. The average Bonchev–Trinajstić information content (AvgIpc) is 3.11. The fourth-order valence-electron chi connectivity index (χ4n) is 3.84. The number of nitrogens with zero attached hydrogens (tertiary/aromatic N) is 4. The van der Waals surface area contributed by atoms with Crippen LogP contribution in [0.2, 0.25) is 0 Å². The number of carbonyl (C=O) groups is 1. The van der Waals surface area contributed by atoms with Crippen molar-refractivity contribution in [2.24, 2.45) is 7.05 Å². The van der Waals surface area contributed by atoms with Gasteiger partial charge in [0.25, 0.3) is 5.56 Å². The molecule has 1 amide bonds. The predicted octanol–water partition coefficient (Wildman–Crippen LogP) is 2.53. The number of pyridine rings is 1. The lowest BCUT2D eigenvalue weighted by Crippen LogP contribution is -2.38. The standard InChI is InChI=1S/C21H24N4O2/c1-23-10-6-17(14-21(23)27)16-7-11-24(12-8-16)20(26)9-13-25-15-22-18-4-2-3-5-19(18)25/h2-6,10,14-16H,7-9,11-13H2,1H3. The number of aryl methyl sites for hydroxylation is 2. The number of likely N-dealkylation sites (tertiary alicyclic amines) is 1. The molecule has 3 aromatic rings. The molecule has 1 saturated heterocycles. The summed E-state index contributed by atoms with van der Waals surface area (Å²) in [7, 11) is 1.76. The number of piperidine rings is 1. The second-order valence-corrected chi connectivity index (χ2v) is 7.24. The van der Waals surface area contributed by atoms with Gasteiger partial charge in [0.1, 0.15) is 0 Å². The predicted molar refractivity (Wildman–Crippen MR) is 105 cm³/mol. The van der Waals surface area contributed by atoms with E-state index in [0.29, 0.717) is 18.9 Å². The highest BCUT2D eigenvalue weighted by molar-refractivity contribution is 5.77. The summed E-state index contributed by atoms with van der Waals surface area (Å²) in [6.07, 6.45) is 5.93. The van der Waals surface area contributed by atoms with Crippen LogP contribution in [0.1, 0.15) is 30.7 Å². The molecule has 0 radical (unpaired) electrons. The number of imidazole rings is 1. The van der Waals surface area contributed by atoms with Crippen molar-refractivity contribution in [3.8, 4) is 0 Å². The van der Waals surface area contributed by atoms with E-state index in [4.69, 9.17) is 0 Å². The highest BCUT2D eigenvalue weighted by Gasteiger charge is 2.24. The fourth-order valence-corrected chi connectivity index (χ4v) is 3.84. The third-order valence-electron chi connectivity index (χ3n) is 5.54. The zero-order chi connectivity index (χ0) is 18.8. The van der Waals surface area contributed by atoms with Gasteiger partial charge in [-0.25, -0.2) is 4.98 Å². The molecule has 1 aliphatic heterocycles. The molecular weight excluding hydrogens is 340 g/mol. The van der Waals surface area contributed by atoms with Gasteiger partial charge in [-0.1, -0.05) is 12.1 Å². The van der Waals surface area contributed by atoms with Gasteiger partial charge in [-0.3, -0.25) is 9.59 Å². The molecule has 1 fully saturated rings. The van der Waals surface area contributed by atoms with Crippen molar-refractivity contribution in [3.05, 3.63) is 64.8 Å². The minimum absolute atomic E-state index is 0.0264. The molecule has 1 aromatic carbocycles. The maximum atomic E-state index is 12.6. The molecule has 0 atom stereocenters. The molecule has 3 heterocycles. The van der Waals surface area contributed by atoms with E-state index < -0.39 is 0 Å². The first-order chi connectivity index (χ1) is 13.1. The monoisotopic (exact) mass is 364 g/mol. The minimum atomic E-state index is 0.0264. The van der Waals surface area contributed by atoms with Gasteiger partial charge in [0, 0.05) is 45.4 Å². The third kappa shape index (κ3) is 3.65. The number of fused-ring (bicyclic) bond motifs is 1. The number of hydrogen-bond donors (Lipinski definition) is 0. The van der Waals surface area contributed by atoms with Gasteiger partial charge in [0.2, 0.25) is 5.91 Å². The van der Waals surface area contributed by atoms with Gasteiger partial charge in [-0.2, -0.15) is 0 Å². The van der Waals surface area contributed by atoms with E-state index in [1.54, 1.807) is 24.0 Å². The summed E-state index contributed by atoms with van der Waals surface area (Å²) in [5.41, 5.74) is 3.14. The summed E-state index contributed by atoms with van der Waals surface area (Å²) in [5, 5.41) is 0. The first-order valence-corrected chi connectivity index (χ1v) is 9.46. The largest absolute Gasteiger partial charge is 0.343 e. The molecule has 1 aliphatic rings. The van der Waals surface area contributed by atoms with Gasteiger partial charge in [0.15, 0.2) is 0 Å². The van der Waals surface area contributed by atoms with E-state index in [-0.39, 0.29) is 11.5 Å². The van der Waals surface area contributed by atoms with Crippen LogP contribution in [-0.4, -0.2) is 38.0 Å². The summed E-state index contributed by atoms with van der Waals surface area (Å²) >= 11 is 0. The summed E-state index contributed by atoms with van der Waals surface area (Å²) in [6.45, 7) is 2.15. The minimum Gasteiger partial charge on any atom is -0.343 e. The Morgan fingerprint density at radius 1 is 1.19 bits per heavy atom. The van der Waals surface area contributed by atoms with Gasteiger partial charge >= 0.3 is 0 Å². The molecular formula is C21H24N4O2. The fraction of sp³-hybridized carbons (Fsp3) is 0.381. The smallest absolute Gasteiger partial charge is 0.250 e. The van der Waals surface area contributed by atoms with Gasteiger partial charge < -0.3 is 14.0 Å². The second-order valence-electron chi connectivity index (χ2n) is 7.24. The molecule has 27 heavy (non-hydrogen) atoms. The summed E-state index contributed by atoms with van der Waals surface area (Å²) in [6, 6.07) is 11.7. The number of amides is 1. The molecule has 0 aliphatic carbocycles. The topological polar surface area (TPSA) is 60.1 Å². The molecule has 0 saturated carbocycles. The van der Waals surface area contributed by atoms with E-state index >= 15 is 0 Å². The number of hydrogen-bond acceptors (Lipinski definition) is 3. The molecule has 0 N–H and O–H groups in total. The molecule has 6 heteroatoms. The van der Waals surface area contributed by atoms with Gasteiger partial charge in [-0.15, -0.1) is 0 Å². The maximum absolute atomic E-state index is 12.6. The Labute approximate surface area is 158 Å². The van der Waals surface area contributed by atoms with E-state index in [1.807, 2.05) is 46.0 Å². The Bertz CT molecular complexity index is 1010. The highest BCUT2D eigenvalue weighted by Crippen LogP contribution is 2.27. The Morgan fingerprint density at radius 2 is 1.96 bits per heavy atom. The number of carbonyl (C=O) groups excluding carboxylic acids is 1. The molecule has 2 aromatic heterocycles. The average molecular weight is 364 g/mol. The lowest BCUT2D eigenvalue weighted by Gasteiger charge is -2.32. The summed E-state index contributed by atoms with van der Waals surface area (Å²) in [5.74, 6) is 0.552. The van der Waals surface area contributed by atoms with Crippen LogP contribution in [0.25, 0.3) is 11.0 Å². The van der Waals surface area contributed by atoms with E-state index in [9.17, 15) is 9.59 Å². The Hall–Kier alpha value is -2.89. The lowest BCUT2D eigenvalue weighted by atomic mass is 9.90. The van der Waals surface area contributed by atoms with Crippen molar-refractivity contribution < 1.29 is 4.79 Å². The van der Waals surface area contributed by atoms with Crippen LogP contribution < -0.4 is 5.56 Å². The maximum Gasteiger partial charge on any atom is 0.250 e. The first-order valence-electron chi connectivity index (χ1n) is 9.46. The molecule has 0 unspecified atom stereocenters. The summed E-state index contributed by atoms with van der Waals surface area (Å²) < 4.78 is 3.63. The molecule has 0 spiro atoms. The quantitative estimate of drug-likeness (QED) is 0.715. The lowest BCUT2D eigenvalue weighted by molar-refractivity contribution is -0.132. The normalized spacial score (nSPS) is 15.4. The van der Waals surface area contributed by atoms with Crippen LogP contribution in [0.3, 0.4) is 0 Å². The van der Waals surface area contributed by atoms with Crippen LogP contribution in [0.5, 0.6) is 0 Å². The first kappa shape index (κ1) is 17.5. The van der Waals surface area contributed by atoms with Crippen LogP contribution >= 0.6 is 0 Å². The van der Waals surface area contributed by atoms with Crippen molar-refractivity contribution in [1.82, 2.24) is 19.0 Å². The third-order valence-corrected chi connectivity index (χ3v) is 5.54. The van der Waals surface area contributed by atoms with E-state index in [2.05, 4.69) is 4.98 Å². The SMILES string of the molecule is Cn1ccc(C2CCN(C(=O)CCn3cnc4ccccc43)CC2)cc1=O. The molecule has 6 nitrogen and oxygen atoms in total. The Morgan fingerprint density at radius 3 is 2.74 bits per heavy atom. The second kappa shape index (κ2) is 7.39. The van der Waals surface area contributed by atoms with Crippen molar-refractivity contribution in [3.63, 3.8) is 0 Å². The molecule has 140 valence electrons. The van der Waals surface area contributed by atoms with Crippen molar-refractivity contribution in [2.75, 3.05) is 13.1 Å². The number of benzene rings is 1. The number of aromatic nitrogens is 3. The zero-order valence-corrected chi connectivity index (χ0v) is 15.5. The van der Waals surface area contributed by atoms with Crippen LogP contribution in [0, 0.1) is 0 Å². The highest BCUT2D eigenvalue weighted by atomic mass is 16.2. The van der Waals surface area contributed by atoms with Crippen molar-refractivity contribution in [2.45, 2.75) is 31.7 Å². The van der Waals surface area contributed by atoms with Crippen molar-refractivity contribution >= 4 is 16.9 Å². The Balaban J connectivity index is 1.33. The van der Waals surface area contributed by atoms with Gasteiger partial charge in [0.05, 0.1) is 17.4 Å². The van der Waals surface area contributed by atoms with E-state index in [1.165, 1.54) is 0 Å². The molecule has 4 rings (SSSR count). The van der Waals surface area contributed by atoms with Gasteiger partial charge in [-0.05, 0) is 42.5 Å². The van der Waals surface area contributed by atoms with Crippen molar-refractivity contribution in [1.29, 1.82) is 0 Å². The Kier molecular flexibility index (Phi) is 4.79. The summed E-state index contributed by atoms with van der Waals surface area (Å²) in [4.78, 5) is 30.8. The van der Waals surface area contributed by atoms with Crippen LogP contribution in [-0.2, 0) is 18.4 Å². The van der Waals surface area contributed by atoms with E-state index in [0.717, 1.165) is 42.5 Å². The van der Waals surface area contributed by atoms with Crippen LogP contribution in [0.4, 0.5) is 0 Å². The van der Waals surface area contributed by atoms with Crippen LogP contribution in [0.15, 0.2) is 53.7 Å².